The van der Waals surface area contributed by atoms with E-state index in [1.165, 1.54) is 32.1 Å². The van der Waals surface area contributed by atoms with Crippen molar-refractivity contribution in [3.63, 3.8) is 0 Å². The number of hydrogen-bond donors (Lipinski definition) is 1. The minimum Gasteiger partial charge on any atom is -0.389 e. The highest BCUT2D eigenvalue weighted by atomic mass is 32.1. The van der Waals surface area contributed by atoms with Crippen LogP contribution in [0.3, 0.4) is 0 Å². The van der Waals surface area contributed by atoms with Crippen LogP contribution in [0.25, 0.3) is 0 Å². The number of nitrogens with two attached hydrogens (primary N) is 1. The summed E-state index contributed by atoms with van der Waals surface area (Å²) < 4.78 is 0. The van der Waals surface area contributed by atoms with Crippen molar-refractivity contribution in [2.45, 2.75) is 38.1 Å². The van der Waals surface area contributed by atoms with Crippen LogP contribution in [0.5, 0.6) is 0 Å². The molecule has 0 aromatic heterocycles. The van der Waals surface area contributed by atoms with Gasteiger partial charge in [0.25, 0.3) is 5.91 Å². The quantitative estimate of drug-likeness (QED) is 0.851. The maximum atomic E-state index is 12.6. The van der Waals surface area contributed by atoms with Crippen LogP contribution in [0.2, 0.25) is 0 Å². The van der Waals surface area contributed by atoms with E-state index < -0.39 is 0 Å². The van der Waals surface area contributed by atoms with E-state index >= 15 is 0 Å². The Labute approximate surface area is 125 Å². The molecule has 2 aliphatic rings. The minimum absolute atomic E-state index is 0.161. The van der Waals surface area contributed by atoms with Gasteiger partial charge in [-0.05, 0) is 37.3 Å². The lowest BCUT2D eigenvalue weighted by atomic mass is 9.85. The molecule has 1 aromatic carbocycles. The number of hydrogen-bond acceptors (Lipinski definition) is 2. The largest absolute Gasteiger partial charge is 0.389 e. The van der Waals surface area contributed by atoms with Crippen LogP contribution in [0.15, 0.2) is 24.3 Å². The van der Waals surface area contributed by atoms with Crippen LogP contribution in [0.1, 0.15) is 48.0 Å². The Morgan fingerprint density at radius 1 is 1.10 bits per heavy atom. The number of benzene rings is 1. The summed E-state index contributed by atoms with van der Waals surface area (Å²) in [6, 6.07) is 7.82. The Morgan fingerprint density at radius 2 is 1.75 bits per heavy atom. The molecule has 1 saturated heterocycles. The molecule has 2 atom stereocenters. The lowest BCUT2D eigenvalue weighted by Crippen LogP contribution is -2.39. The molecule has 2 N–H and O–H groups in total. The van der Waals surface area contributed by atoms with E-state index in [1.54, 1.807) is 0 Å². The number of thiocarbonyl (C=S) groups is 1. The Morgan fingerprint density at radius 3 is 2.45 bits per heavy atom. The predicted molar refractivity (Wildman–Crippen MR) is 83.7 cm³/mol. The molecule has 106 valence electrons. The molecule has 2 unspecified atom stereocenters. The summed E-state index contributed by atoms with van der Waals surface area (Å²) in [5.41, 5.74) is 7.15. The number of likely N-dealkylation sites (tertiary alicyclic amines) is 1. The van der Waals surface area contributed by atoms with Crippen molar-refractivity contribution in [3.05, 3.63) is 35.4 Å². The fraction of sp³-hybridized carbons (Fsp3) is 0.500. The van der Waals surface area contributed by atoms with Gasteiger partial charge in [-0.15, -0.1) is 0 Å². The fourth-order valence-corrected chi connectivity index (χ4v) is 3.74. The summed E-state index contributed by atoms with van der Waals surface area (Å²) >= 11 is 4.94. The van der Waals surface area contributed by atoms with Crippen LogP contribution < -0.4 is 5.73 Å². The first kappa shape index (κ1) is 13.6. The molecule has 0 radical (unpaired) electrons. The molecule has 3 nitrogen and oxygen atoms in total. The SMILES string of the molecule is NC(=S)c1ccc(C(=O)N2CCC3CCCCC32)cc1. The molecule has 20 heavy (non-hydrogen) atoms. The summed E-state index contributed by atoms with van der Waals surface area (Å²) in [5.74, 6) is 0.887. The zero-order valence-corrected chi connectivity index (χ0v) is 12.4. The first-order chi connectivity index (χ1) is 9.66. The molecule has 1 heterocycles. The average molecular weight is 288 g/mol. The number of nitrogens with zero attached hydrogens (tertiary/aromatic N) is 1. The van der Waals surface area contributed by atoms with Crippen molar-refractivity contribution in [1.29, 1.82) is 0 Å². The maximum Gasteiger partial charge on any atom is 0.254 e. The van der Waals surface area contributed by atoms with Gasteiger partial charge in [-0.25, -0.2) is 0 Å². The van der Waals surface area contributed by atoms with Gasteiger partial charge in [-0.1, -0.05) is 37.2 Å². The monoisotopic (exact) mass is 288 g/mol. The van der Waals surface area contributed by atoms with E-state index in [2.05, 4.69) is 4.90 Å². The second-order valence-electron chi connectivity index (χ2n) is 5.84. The van der Waals surface area contributed by atoms with Crippen LogP contribution in [-0.2, 0) is 0 Å². The van der Waals surface area contributed by atoms with Gasteiger partial charge in [0.1, 0.15) is 4.99 Å². The van der Waals surface area contributed by atoms with Crippen molar-refractivity contribution in [3.8, 4) is 0 Å². The lowest BCUT2D eigenvalue weighted by Gasteiger charge is -2.31. The van der Waals surface area contributed by atoms with Gasteiger partial charge in [-0.3, -0.25) is 4.79 Å². The van der Waals surface area contributed by atoms with Crippen LogP contribution in [0, 0.1) is 5.92 Å². The van der Waals surface area contributed by atoms with Crippen molar-refractivity contribution in [1.82, 2.24) is 4.90 Å². The van der Waals surface area contributed by atoms with Crippen LogP contribution >= 0.6 is 12.2 Å². The van der Waals surface area contributed by atoms with E-state index in [-0.39, 0.29) is 5.91 Å². The molecule has 1 amide bonds. The predicted octanol–water partition coefficient (Wildman–Crippen LogP) is 2.73. The second kappa shape index (κ2) is 5.52. The molecular weight excluding hydrogens is 268 g/mol. The molecule has 0 spiro atoms. The van der Waals surface area contributed by atoms with E-state index in [1.807, 2.05) is 24.3 Å². The third-order valence-electron chi connectivity index (χ3n) is 4.69. The van der Waals surface area contributed by atoms with Crippen molar-refractivity contribution < 1.29 is 4.79 Å². The fourth-order valence-electron chi connectivity index (χ4n) is 3.60. The Kier molecular flexibility index (Phi) is 3.74. The third-order valence-corrected chi connectivity index (χ3v) is 4.92. The lowest BCUT2D eigenvalue weighted by molar-refractivity contribution is 0.0690. The first-order valence-electron chi connectivity index (χ1n) is 7.37. The molecular formula is C16H20N2OS. The van der Waals surface area contributed by atoms with E-state index in [4.69, 9.17) is 18.0 Å². The van der Waals surface area contributed by atoms with Gasteiger partial charge < -0.3 is 10.6 Å². The van der Waals surface area contributed by atoms with Crippen molar-refractivity contribution in [2.24, 2.45) is 11.7 Å². The Balaban J connectivity index is 1.76. The second-order valence-corrected chi connectivity index (χ2v) is 6.28. The van der Waals surface area contributed by atoms with E-state index in [9.17, 15) is 4.79 Å². The molecule has 1 aromatic rings. The number of carbonyl (C=O) groups excluding carboxylic acids is 1. The average Bonchev–Trinajstić information content (AvgIpc) is 2.90. The summed E-state index contributed by atoms with van der Waals surface area (Å²) in [6.07, 6.45) is 6.20. The van der Waals surface area contributed by atoms with Crippen LogP contribution in [0.4, 0.5) is 0 Å². The molecule has 1 aliphatic heterocycles. The summed E-state index contributed by atoms with van der Waals surface area (Å²) in [6.45, 7) is 0.908. The Bertz CT molecular complexity index is 526. The van der Waals surface area contributed by atoms with Gasteiger partial charge in [0, 0.05) is 23.7 Å². The molecule has 3 rings (SSSR count). The highest BCUT2D eigenvalue weighted by Crippen LogP contribution is 2.36. The van der Waals surface area contributed by atoms with Crippen molar-refractivity contribution in [2.75, 3.05) is 6.54 Å². The highest BCUT2D eigenvalue weighted by molar-refractivity contribution is 7.80. The molecule has 2 fully saturated rings. The highest BCUT2D eigenvalue weighted by Gasteiger charge is 2.38. The zero-order chi connectivity index (χ0) is 14.1. The first-order valence-corrected chi connectivity index (χ1v) is 7.78. The van der Waals surface area contributed by atoms with Crippen molar-refractivity contribution >= 4 is 23.1 Å². The zero-order valence-electron chi connectivity index (χ0n) is 11.5. The number of fused-ring (bicyclic) bond motifs is 1. The number of amides is 1. The van der Waals surface area contributed by atoms with E-state index in [0.717, 1.165) is 23.6 Å². The summed E-state index contributed by atoms with van der Waals surface area (Å²) in [5, 5.41) is 0. The minimum atomic E-state index is 0.161. The smallest absolute Gasteiger partial charge is 0.254 e. The summed E-state index contributed by atoms with van der Waals surface area (Å²) in [7, 11) is 0. The standard InChI is InChI=1S/C16H20N2OS/c17-15(20)12-5-7-13(8-6-12)16(19)18-10-9-11-3-1-2-4-14(11)18/h5-8,11,14H,1-4,9-10H2,(H2,17,20). The van der Waals surface area contributed by atoms with Gasteiger partial charge in [0.05, 0.1) is 0 Å². The molecule has 0 bridgehead atoms. The van der Waals surface area contributed by atoms with Crippen LogP contribution in [-0.4, -0.2) is 28.4 Å². The number of carbonyl (C=O) groups is 1. The van der Waals surface area contributed by atoms with Gasteiger partial charge in [0.15, 0.2) is 0 Å². The van der Waals surface area contributed by atoms with Gasteiger partial charge >= 0.3 is 0 Å². The third kappa shape index (κ3) is 2.44. The molecule has 4 heteroatoms. The maximum absolute atomic E-state index is 12.6. The normalized spacial score (nSPS) is 25.3. The summed E-state index contributed by atoms with van der Waals surface area (Å²) in [4.78, 5) is 15.1. The molecule has 1 saturated carbocycles. The van der Waals surface area contributed by atoms with E-state index in [0.29, 0.717) is 11.0 Å². The van der Waals surface area contributed by atoms with Gasteiger partial charge in [-0.2, -0.15) is 0 Å². The Hall–Kier alpha value is -1.42. The van der Waals surface area contributed by atoms with Gasteiger partial charge in [0.2, 0.25) is 0 Å². The topological polar surface area (TPSA) is 46.3 Å². The molecule has 1 aliphatic carbocycles. The number of rotatable bonds is 2.